The molecule has 0 spiro atoms. The van der Waals surface area contributed by atoms with Crippen molar-refractivity contribution in [2.24, 2.45) is 23.7 Å². The number of hydrogen-bond acceptors (Lipinski definition) is 6. The summed E-state index contributed by atoms with van der Waals surface area (Å²) < 4.78 is 9.88. The van der Waals surface area contributed by atoms with Crippen molar-refractivity contribution in [3.8, 4) is 0 Å². The van der Waals surface area contributed by atoms with Crippen LogP contribution < -0.4 is 0 Å². The smallest absolute Gasteiger partial charge is 0.411 e. The molecule has 2 aromatic carbocycles. The highest BCUT2D eigenvalue weighted by molar-refractivity contribution is 6.61. The van der Waals surface area contributed by atoms with Gasteiger partial charge in [0.05, 0.1) is 5.92 Å². The minimum absolute atomic E-state index is 0.00898. The van der Waals surface area contributed by atoms with E-state index in [1.54, 1.807) is 0 Å². The molecular formula is C33H40ClNO8. The molecule has 9 nitrogen and oxygen atoms in total. The Balaban J connectivity index is 0.000000162. The lowest BCUT2D eigenvalue weighted by atomic mass is 10.0. The predicted molar refractivity (Wildman–Crippen MR) is 159 cm³/mol. The van der Waals surface area contributed by atoms with Gasteiger partial charge in [-0.2, -0.15) is 0 Å². The Kier molecular flexibility index (Phi) is 11.8. The Morgan fingerprint density at radius 3 is 1.72 bits per heavy atom. The predicted octanol–water partition coefficient (Wildman–Crippen LogP) is 7.11. The third kappa shape index (κ3) is 9.20. The lowest BCUT2D eigenvalue weighted by Gasteiger charge is -2.26. The molecule has 1 amide bonds. The van der Waals surface area contributed by atoms with Gasteiger partial charge in [0.1, 0.15) is 19.3 Å². The highest BCUT2D eigenvalue weighted by Crippen LogP contribution is 2.46. The Bertz CT molecular complexity index is 1210. The van der Waals surface area contributed by atoms with Gasteiger partial charge in [0.2, 0.25) is 0 Å². The molecule has 3 aliphatic carbocycles. The maximum atomic E-state index is 12.3. The lowest BCUT2D eigenvalue weighted by molar-refractivity contribution is -0.142. The van der Waals surface area contributed by atoms with Crippen LogP contribution in [0.4, 0.5) is 9.59 Å². The number of amides is 1. The highest BCUT2D eigenvalue weighted by atomic mass is 35.5. The van der Waals surface area contributed by atoms with Gasteiger partial charge >= 0.3 is 23.5 Å². The molecule has 1 heterocycles. The number of benzene rings is 2. The number of carboxylic acid groups (broad SMARTS) is 2. The molecule has 2 aromatic rings. The molecule has 4 fully saturated rings. The van der Waals surface area contributed by atoms with Crippen LogP contribution in [-0.2, 0) is 32.3 Å². The first-order chi connectivity index (χ1) is 20.7. The van der Waals surface area contributed by atoms with Crippen LogP contribution in [0.2, 0.25) is 0 Å². The van der Waals surface area contributed by atoms with Crippen molar-refractivity contribution in [3.05, 3.63) is 71.8 Å². The summed E-state index contributed by atoms with van der Waals surface area (Å²) in [6.07, 6.45) is 8.83. The van der Waals surface area contributed by atoms with Crippen LogP contribution in [-0.4, -0.2) is 50.7 Å². The SMILES string of the molecule is O=C(Cl)OCc1ccccc1.O=C(O)C1C[C@H]2CCC[C@H]2C1.O=C(O)[C@H]1C[C@H]2CCC[C@H]2N1C(=O)OCc1ccccc1. The molecule has 1 saturated heterocycles. The molecule has 4 aliphatic rings. The van der Waals surface area contributed by atoms with Crippen molar-refractivity contribution in [1.29, 1.82) is 0 Å². The molecule has 1 unspecified atom stereocenters. The Labute approximate surface area is 257 Å². The zero-order chi connectivity index (χ0) is 30.8. The molecule has 1 aliphatic heterocycles. The molecule has 0 bridgehead atoms. The van der Waals surface area contributed by atoms with E-state index in [9.17, 15) is 24.3 Å². The molecule has 6 atom stereocenters. The lowest BCUT2D eigenvalue weighted by Crippen LogP contribution is -2.45. The second-order valence-electron chi connectivity index (χ2n) is 11.8. The van der Waals surface area contributed by atoms with Gasteiger partial charge in [0.15, 0.2) is 0 Å². The first kappa shape index (κ1) is 32.3. The molecule has 6 rings (SSSR count). The molecule has 232 valence electrons. The van der Waals surface area contributed by atoms with Gasteiger partial charge in [-0.05, 0) is 61.0 Å². The standard InChI is InChI=1S/C16H19NO4.C9H14O2.C8H7ClO2/c18-15(19)14-9-12-7-4-8-13(12)17(14)16(20)21-10-11-5-2-1-3-6-11;10-9(11)8-4-6-2-1-3-7(6)5-8;9-8(10)11-6-7-4-2-1-3-5-7/h1-3,5-6,12-14H,4,7-10H2,(H,18,19);6-8H,1-5H2,(H,10,11);1-5H,6H2/t12-,13-,14-;6-,7+,8?;/m1../s1. The first-order valence-corrected chi connectivity index (χ1v) is 15.4. The molecule has 43 heavy (non-hydrogen) atoms. The van der Waals surface area contributed by atoms with Crippen LogP contribution in [0.3, 0.4) is 0 Å². The van der Waals surface area contributed by atoms with Gasteiger partial charge in [0.25, 0.3) is 0 Å². The molecule has 2 N–H and O–H groups in total. The van der Waals surface area contributed by atoms with E-state index < -0.39 is 29.5 Å². The third-order valence-electron chi connectivity index (χ3n) is 9.07. The topological polar surface area (TPSA) is 130 Å². The summed E-state index contributed by atoms with van der Waals surface area (Å²) >= 11 is 4.97. The normalized spacial score (nSPS) is 26.6. The molecule has 3 saturated carbocycles. The van der Waals surface area contributed by atoms with Crippen LogP contribution in [0.25, 0.3) is 0 Å². The average molecular weight is 614 g/mol. The van der Waals surface area contributed by atoms with Crippen molar-refractivity contribution in [2.45, 2.75) is 83.1 Å². The summed E-state index contributed by atoms with van der Waals surface area (Å²) in [7, 11) is 0. The van der Waals surface area contributed by atoms with Crippen LogP contribution in [0, 0.1) is 23.7 Å². The van der Waals surface area contributed by atoms with Gasteiger partial charge in [-0.3, -0.25) is 9.69 Å². The zero-order valence-corrected chi connectivity index (χ0v) is 24.9. The molecular weight excluding hydrogens is 574 g/mol. The van der Waals surface area contributed by atoms with E-state index in [4.69, 9.17) is 21.4 Å². The van der Waals surface area contributed by atoms with Gasteiger partial charge in [0, 0.05) is 17.6 Å². The number of carboxylic acids is 2. The summed E-state index contributed by atoms with van der Waals surface area (Å²) in [6, 6.07) is 18.1. The van der Waals surface area contributed by atoms with Gasteiger partial charge in [-0.25, -0.2) is 14.4 Å². The van der Waals surface area contributed by atoms with E-state index in [1.807, 2.05) is 60.7 Å². The summed E-state index contributed by atoms with van der Waals surface area (Å²) in [6.45, 7) is 0.420. The van der Waals surface area contributed by atoms with E-state index >= 15 is 0 Å². The number of aliphatic carboxylic acids is 2. The summed E-state index contributed by atoms with van der Waals surface area (Å²) in [5.41, 5.74) is 1.07. The quantitative estimate of drug-likeness (QED) is 0.330. The number of likely N-dealkylation sites (tertiary alicyclic amines) is 1. The van der Waals surface area contributed by atoms with Crippen molar-refractivity contribution in [2.75, 3.05) is 0 Å². The fraction of sp³-hybridized carbons (Fsp3) is 0.515. The maximum Gasteiger partial charge on any atom is 0.411 e. The van der Waals surface area contributed by atoms with Crippen molar-refractivity contribution in [1.82, 2.24) is 4.90 Å². The van der Waals surface area contributed by atoms with E-state index in [1.165, 1.54) is 24.2 Å². The van der Waals surface area contributed by atoms with Crippen molar-refractivity contribution >= 4 is 35.1 Å². The van der Waals surface area contributed by atoms with Gasteiger partial charge < -0.3 is 19.7 Å². The maximum absolute atomic E-state index is 12.3. The van der Waals surface area contributed by atoms with Crippen LogP contribution >= 0.6 is 11.6 Å². The molecule has 0 radical (unpaired) electrons. The van der Waals surface area contributed by atoms with E-state index in [0.717, 1.165) is 55.1 Å². The second-order valence-corrected chi connectivity index (χ2v) is 12.1. The van der Waals surface area contributed by atoms with Crippen LogP contribution in [0.5, 0.6) is 0 Å². The second kappa shape index (κ2) is 15.8. The summed E-state index contributed by atoms with van der Waals surface area (Å²) in [5.74, 6) is 0.327. The Morgan fingerprint density at radius 1 is 0.698 bits per heavy atom. The van der Waals surface area contributed by atoms with E-state index in [-0.39, 0.29) is 25.2 Å². The third-order valence-corrected chi connectivity index (χ3v) is 9.18. The Morgan fingerprint density at radius 2 is 1.21 bits per heavy atom. The Hall–Kier alpha value is -3.59. The zero-order valence-electron chi connectivity index (χ0n) is 24.2. The molecule has 10 heteroatoms. The fourth-order valence-electron chi connectivity index (χ4n) is 7.04. The van der Waals surface area contributed by atoms with Crippen LogP contribution in [0.15, 0.2) is 60.7 Å². The minimum atomic E-state index is -0.930. The van der Waals surface area contributed by atoms with E-state index in [0.29, 0.717) is 12.3 Å². The largest absolute Gasteiger partial charge is 0.481 e. The first-order valence-electron chi connectivity index (χ1n) is 15.0. The number of fused-ring (bicyclic) bond motifs is 2. The van der Waals surface area contributed by atoms with Crippen molar-refractivity contribution in [3.63, 3.8) is 0 Å². The number of hydrogen-bond donors (Lipinski definition) is 2. The monoisotopic (exact) mass is 613 g/mol. The number of nitrogens with zero attached hydrogens (tertiary/aromatic N) is 1. The van der Waals surface area contributed by atoms with Gasteiger partial charge in [-0.1, -0.05) is 86.3 Å². The number of ether oxygens (including phenoxy) is 2. The highest BCUT2D eigenvalue weighted by Gasteiger charge is 2.49. The minimum Gasteiger partial charge on any atom is -0.481 e. The number of carbonyl (C=O) groups excluding carboxylic acids is 2. The number of rotatable bonds is 6. The average Bonchev–Trinajstić information content (AvgIpc) is 3.78. The van der Waals surface area contributed by atoms with Crippen molar-refractivity contribution < 1.29 is 38.9 Å². The molecule has 0 aromatic heterocycles. The summed E-state index contributed by atoms with van der Waals surface area (Å²) in [4.78, 5) is 45.9. The van der Waals surface area contributed by atoms with E-state index in [2.05, 4.69) is 4.74 Å². The number of carbonyl (C=O) groups is 4. The van der Waals surface area contributed by atoms with Crippen LogP contribution in [0.1, 0.15) is 68.9 Å². The fourth-order valence-corrected chi connectivity index (χ4v) is 7.10. The summed E-state index contributed by atoms with van der Waals surface area (Å²) in [5, 5.41) is 18.1. The number of halogens is 1. The van der Waals surface area contributed by atoms with Gasteiger partial charge in [-0.15, -0.1) is 0 Å².